The molecule has 1 saturated heterocycles. The number of nitrogens with one attached hydrogen (secondary N) is 1. The quantitative estimate of drug-likeness (QED) is 0.526. The highest BCUT2D eigenvalue weighted by atomic mass is 16.3. The van der Waals surface area contributed by atoms with Gasteiger partial charge in [0.15, 0.2) is 0 Å². The van der Waals surface area contributed by atoms with Crippen LogP contribution in [0.3, 0.4) is 0 Å². The Labute approximate surface area is 61.9 Å². The smallest absolute Gasteiger partial charge is 0.0851 e. The standard InChI is InChI=1S/C8H15NO/c1-2-3-8(10)4-6-9-7-5-8/h2-3,9-10H,4-7H2,1H3. The number of hydrogen-bond donors (Lipinski definition) is 2. The average Bonchev–Trinajstić information content (AvgIpc) is 1.89. The molecule has 0 amide bonds. The minimum Gasteiger partial charge on any atom is -0.386 e. The van der Waals surface area contributed by atoms with Gasteiger partial charge >= 0.3 is 0 Å². The fourth-order valence-electron chi connectivity index (χ4n) is 1.34. The Morgan fingerprint density at radius 3 is 2.50 bits per heavy atom. The summed E-state index contributed by atoms with van der Waals surface area (Å²) in [4.78, 5) is 0. The minimum atomic E-state index is -0.514. The second-order valence-electron chi connectivity index (χ2n) is 2.85. The molecule has 1 fully saturated rings. The number of rotatable bonds is 1. The van der Waals surface area contributed by atoms with E-state index in [1.165, 1.54) is 0 Å². The largest absolute Gasteiger partial charge is 0.386 e. The summed E-state index contributed by atoms with van der Waals surface area (Å²) in [6, 6.07) is 0. The van der Waals surface area contributed by atoms with Crippen molar-refractivity contribution in [1.82, 2.24) is 5.32 Å². The molecule has 0 aromatic rings. The summed E-state index contributed by atoms with van der Waals surface area (Å²) in [7, 11) is 0. The van der Waals surface area contributed by atoms with Crippen LogP contribution in [0.4, 0.5) is 0 Å². The van der Waals surface area contributed by atoms with Gasteiger partial charge in [-0.2, -0.15) is 0 Å². The van der Waals surface area contributed by atoms with E-state index in [4.69, 9.17) is 0 Å². The first-order valence-electron chi connectivity index (χ1n) is 3.84. The molecule has 0 atom stereocenters. The summed E-state index contributed by atoms with van der Waals surface area (Å²) in [6.45, 7) is 3.81. The maximum Gasteiger partial charge on any atom is 0.0851 e. The van der Waals surface area contributed by atoms with Crippen LogP contribution in [0.15, 0.2) is 12.2 Å². The molecule has 1 aliphatic heterocycles. The van der Waals surface area contributed by atoms with Crippen molar-refractivity contribution in [3.63, 3.8) is 0 Å². The third-order valence-corrected chi connectivity index (χ3v) is 1.95. The molecule has 2 N–H and O–H groups in total. The van der Waals surface area contributed by atoms with Gasteiger partial charge in [-0.1, -0.05) is 12.2 Å². The van der Waals surface area contributed by atoms with Crippen molar-refractivity contribution in [2.75, 3.05) is 13.1 Å². The van der Waals surface area contributed by atoms with Gasteiger partial charge in [0.1, 0.15) is 0 Å². The van der Waals surface area contributed by atoms with Gasteiger partial charge in [0, 0.05) is 0 Å². The average molecular weight is 141 g/mol. The normalized spacial score (nSPS) is 25.4. The van der Waals surface area contributed by atoms with Crippen molar-refractivity contribution < 1.29 is 5.11 Å². The van der Waals surface area contributed by atoms with Crippen molar-refractivity contribution in [3.8, 4) is 0 Å². The molecule has 1 rings (SSSR count). The first-order valence-corrected chi connectivity index (χ1v) is 3.84. The predicted molar refractivity (Wildman–Crippen MR) is 41.9 cm³/mol. The molecule has 10 heavy (non-hydrogen) atoms. The zero-order chi connectivity index (χ0) is 7.45. The first-order chi connectivity index (χ1) is 4.77. The van der Waals surface area contributed by atoms with Crippen molar-refractivity contribution in [1.29, 1.82) is 0 Å². The van der Waals surface area contributed by atoms with Crippen LogP contribution in [0.2, 0.25) is 0 Å². The highest BCUT2D eigenvalue weighted by Crippen LogP contribution is 2.18. The molecule has 0 saturated carbocycles. The van der Waals surface area contributed by atoms with E-state index in [1.54, 1.807) is 0 Å². The van der Waals surface area contributed by atoms with Crippen molar-refractivity contribution >= 4 is 0 Å². The van der Waals surface area contributed by atoms with Gasteiger partial charge in [-0.15, -0.1) is 0 Å². The Kier molecular flexibility index (Phi) is 2.46. The van der Waals surface area contributed by atoms with E-state index in [0.29, 0.717) is 0 Å². The van der Waals surface area contributed by atoms with Gasteiger partial charge in [-0.25, -0.2) is 0 Å². The number of aliphatic hydroxyl groups is 1. The van der Waals surface area contributed by atoms with E-state index in [0.717, 1.165) is 25.9 Å². The lowest BCUT2D eigenvalue weighted by Gasteiger charge is -2.29. The molecule has 2 heteroatoms. The van der Waals surface area contributed by atoms with E-state index in [9.17, 15) is 5.11 Å². The Bertz CT molecular complexity index is 125. The van der Waals surface area contributed by atoms with Gasteiger partial charge < -0.3 is 10.4 Å². The highest BCUT2D eigenvalue weighted by Gasteiger charge is 2.24. The third-order valence-electron chi connectivity index (χ3n) is 1.95. The van der Waals surface area contributed by atoms with Crippen LogP contribution in [-0.4, -0.2) is 23.8 Å². The van der Waals surface area contributed by atoms with E-state index < -0.39 is 5.60 Å². The van der Waals surface area contributed by atoms with Crippen LogP contribution < -0.4 is 5.32 Å². The monoisotopic (exact) mass is 141 g/mol. The molecule has 1 heterocycles. The molecule has 0 unspecified atom stereocenters. The van der Waals surface area contributed by atoms with Crippen LogP contribution in [0.5, 0.6) is 0 Å². The molecule has 58 valence electrons. The lowest BCUT2D eigenvalue weighted by molar-refractivity contribution is 0.0581. The zero-order valence-corrected chi connectivity index (χ0v) is 6.43. The summed E-state index contributed by atoms with van der Waals surface area (Å²) in [5, 5.41) is 12.9. The maximum atomic E-state index is 9.74. The highest BCUT2D eigenvalue weighted by molar-refractivity contribution is 5.01. The van der Waals surface area contributed by atoms with E-state index >= 15 is 0 Å². The molecule has 0 spiro atoms. The maximum absolute atomic E-state index is 9.74. The fourth-order valence-corrected chi connectivity index (χ4v) is 1.34. The Hall–Kier alpha value is -0.340. The third kappa shape index (κ3) is 1.82. The molecule has 0 bridgehead atoms. The number of piperidine rings is 1. The number of allylic oxidation sites excluding steroid dienone is 1. The molecule has 0 radical (unpaired) electrons. The van der Waals surface area contributed by atoms with Crippen LogP contribution in [0.1, 0.15) is 19.8 Å². The van der Waals surface area contributed by atoms with E-state index in [-0.39, 0.29) is 0 Å². The molecular weight excluding hydrogens is 126 g/mol. The molecule has 0 aromatic carbocycles. The van der Waals surface area contributed by atoms with E-state index in [2.05, 4.69) is 5.32 Å². The Morgan fingerprint density at radius 2 is 2.00 bits per heavy atom. The SMILES string of the molecule is CC=CC1(O)CCNCC1. The zero-order valence-electron chi connectivity index (χ0n) is 6.43. The van der Waals surface area contributed by atoms with Gasteiger partial charge in [-0.05, 0) is 32.9 Å². The summed E-state index contributed by atoms with van der Waals surface area (Å²) in [6.07, 6.45) is 5.51. The molecule has 2 nitrogen and oxygen atoms in total. The lowest BCUT2D eigenvalue weighted by Crippen LogP contribution is -2.40. The summed E-state index contributed by atoms with van der Waals surface area (Å²) in [5.74, 6) is 0. The Balaban J connectivity index is 2.48. The summed E-state index contributed by atoms with van der Waals surface area (Å²) >= 11 is 0. The predicted octanol–water partition coefficient (Wildman–Crippen LogP) is 0.677. The summed E-state index contributed by atoms with van der Waals surface area (Å²) in [5.41, 5.74) is -0.514. The van der Waals surface area contributed by atoms with Gasteiger partial charge in [0.25, 0.3) is 0 Å². The van der Waals surface area contributed by atoms with Crippen LogP contribution in [-0.2, 0) is 0 Å². The van der Waals surface area contributed by atoms with Gasteiger partial charge in [-0.3, -0.25) is 0 Å². The topological polar surface area (TPSA) is 32.3 Å². The van der Waals surface area contributed by atoms with Crippen molar-refractivity contribution in [3.05, 3.63) is 12.2 Å². The second kappa shape index (κ2) is 3.17. The molecule has 0 aromatic heterocycles. The van der Waals surface area contributed by atoms with Crippen LogP contribution in [0, 0.1) is 0 Å². The molecule has 0 aliphatic carbocycles. The minimum absolute atomic E-state index is 0.514. The molecule has 1 aliphatic rings. The van der Waals surface area contributed by atoms with Crippen molar-refractivity contribution in [2.24, 2.45) is 0 Å². The van der Waals surface area contributed by atoms with E-state index in [1.807, 2.05) is 19.1 Å². The second-order valence-corrected chi connectivity index (χ2v) is 2.85. The van der Waals surface area contributed by atoms with Gasteiger partial charge in [0.05, 0.1) is 5.60 Å². The van der Waals surface area contributed by atoms with Crippen molar-refractivity contribution in [2.45, 2.75) is 25.4 Å². The van der Waals surface area contributed by atoms with Crippen LogP contribution in [0.25, 0.3) is 0 Å². The lowest BCUT2D eigenvalue weighted by atomic mass is 9.92. The summed E-state index contributed by atoms with van der Waals surface area (Å²) < 4.78 is 0. The fraction of sp³-hybridized carbons (Fsp3) is 0.750. The Morgan fingerprint density at radius 1 is 1.40 bits per heavy atom. The first kappa shape index (κ1) is 7.76. The number of hydrogen-bond acceptors (Lipinski definition) is 2. The van der Waals surface area contributed by atoms with Gasteiger partial charge in [0.2, 0.25) is 0 Å². The molecular formula is C8H15NO. The van der Waals surface area contributed by atoms with Crippen LogP contribution >= 0.6 is 0 Å².